The lowest BCUT2D eigenvalue weighted by molar-refractivity contribution is -0.119. The molecule has 0 fully saturated rings. The summed E-state index contributed by atoms with van der Waals surface area (Å²) in [6.07, 6.45) is 2.07. The van der Waals surface area contributed by atoms with Gasteiger partial charge in [0.2, 0.25) is 5.91 Å². The van der Waals surface area contributed by atoms with E-state index in [2.05, 4.69) is 25.2 Å². The van der Waals surface area contributed by atoms with Crippen LogP contribution in [0.3, 0.4) is 0 Å². The van der Waals surface area contributed by atoms with Gasteiger partial charge in [-0.1, -0.05) is 32.0 Å². The summed E-state index contributed by atoms with van der Waals surface area (Å²) in [4.78, 5) is 11.4. The molecule has 2 atom stereocenters. The second kappa shape index (κ2) is 5.74. The Bertz CT molecular complexity index is 468. The highest BCUT2D eigenvalue weighted by Gasteiger charge is 2.29. The SMILES string of the molecule is CNC(=O)Cc1ccc2c(c1)CCC(C(C)C)C2O. The normalized spacial score (nSPS) is 22.2. The molecule has 2 unspecified atom stereocenters. The van der Waals surface area contributed by atoms with Crippen LogP contribution in [0.15, 0.2) is 18.2 Å². The molecule has 0 saturated heterocycles. The fourth-order valence-electron chi connectivity index (χ4n) is 2.96. The number of hydrogen-bond acceptors (Lipinski definition) is 2. The lowest BCUT2D eigenvalue weighted by Gasteiger charge is -2.33. The highest BCUT2D eigenvalue weighted by molar-refractivity contribution is 5.78. The number of aliphatic hydroxyl groups is 1. The van der Waals surface area contributed by atoms with Gasteiger partial charge in [-0.3, -0.25) is 4.79 Å². The molecule has 1 amide bonds. The van der Waals surface area contributed by atoms with Crippen LogP contribution >= 0.6 is 0 Å². The van der Waals surface area contributed by atoms with Gasteiger partial charge in [-0.05, 0) is 41.4 Å². The molecule has 0 aromatic heterocycles. The van der Waals surface area contributed by atoms with Crippen molar-refractivity contribution in [1.82, 2.24) is 5.32 Å². The average molecular weight is 261 g/mol. The smallest absolute Gasteiger partial charge is 0.224 e. The van der Waals surface area contributed by atoms with Crippen molar-refractivity contribution < 1.29 is 9.90 Å². The Morgan fingerprint density at radius 3 is 2.84 bits per heavy atom. The molecule has 0 radical (unpaired) electrons. The Hall–Kier alpha value is -1.35. The number of amides is 1. The molecule has 0 aliphatic heterocycles. The molecule has 2 rings (SSSR count). The van der Waals surface area contributed by atoms with E-state index < -0.39 is 0 Å². The number of rotatable bonds is 3. The van der Waals surface area contributed by atoms with E-state index in [1.54, 1.807) is 7.05 Å². The van der Waals surface area contributed by atoms with Crippen LogP contribution in [0.5, 0.6) is 0 Å². The third kappa shape index (κ3) is 2.98. The van der Waals surface area contributed by atoms with E-state index in [9.17, 15) is 9.90 Å². The summed E-state index contributed by atoms with van der Waals surface area (Å²) >= 11 is 0. The van der Waals surface area contributed by atoms with Gasteiger partial charge < -0.3 is 10.4 Å². The zero-order valence-electron chi connectivity index (χ0n) is 11.9. The maximum atomic E-state index is 11.4. The van der Waals surface area contributed by atoms with Crippen molar-refractivity contribution >= 4 is 5.91 Å². The molecule has 1 aromatic carbocycles. The molecule has 1 aliphatic carbocycles. The molecule has 3 nitrogen and oxygen atoms in total. The van der Waals surface area contributed by atoms with Crippen molar-refractivity contribution in [2.75, 3.05) is 7.05 Å². The lowest BCUT2D eigenvalue weighted by atomic mass is 9.75. The monoisotopic (exact) mass is 261 g/mol. The highest BCUT2D eigenvalue weighted by Crippen LogP contribution is 2.38. The van der Waals surface area contributed by atoms with E-state index in [-0.39, 0.29) is 12.0 Å². The third-order valence-electron chi connectivity index (χ3n) is 4.18. The summed E-state index contributed by atoms with van der Waals surface area (Å²) in [5.74, 6) is 0.863. The van der Waals surface area contributed by atoms with E-state index in [1.165, 1.54) is 5.56 Å². The molecule has 0 heterocycles. The Morgan fingerprint density at radius 2 is 2.21 bits per heavy atom. The minimum atomic E-state index is -0.363. The maximum Gasteiger partial charge on any atom is 0.224 e. The minimum absolute atomic E-state index is 0.0244. The largest absolute Gasteiger partial charge is 0.388 e. The predicted molar refractivity (Wildman–Crippen MR) is 75.8 cm³/mol. The van der Waals surface area contributed by atoms with E-state index >= 15 is 0 Å². The first-order valence-electron chi connectivity index (χ1n) is 7.03. The molecule has 1 aromatic rings. The standard InChI is InChI=1S/C16H23NO2/c1-10(2)13-7-5-12-8-11(9-15(18)17-3)4-6-14(12)16(13)19/h4,6,8,10,13,16,19H,5,7,9H2,1-3H3,(H,17,18). The second-order valence-electron chi connectivity index (χ2n) is 5.77. The number of likely N-dealkylation sites (N-methyl/N-ethyl adjacent to an activating group) is 1. The highest BCUT2D eigenvalue weighted by atomic mass is 16.3. The van der Waals surface area contributed by atoms with Crippen LogP contribution in [0.2, 0.25) is 0 Å². The van der Waals surface area contributed by atoms with Gasteiger partial charge in [0, 0.05) is 7.05 Å². The molecule has 0 saturated carbocycles. The van der Waals surface area contributed by atoms with Gasteiger partial charge in [0.25, 0.3) is 0 Å². The molecule has 104 valence electrons. The van der Waals surface area contributed by atoms with Crippen molar-refractivity contribution in [3.8, 4) is 0 Å². The van der Waals surface area contributed by atoms with Gasteiger partial charge >= 0.3 is 0 Å². The molecule has 19 heavy (non-hydrogen) atoms. The van der Waals surface area contributed by atoms with Crippen LogP contribution in [-0.4, -0.2) is 18.1 Å². The van der Waals surface area contributed by atoms with Crippen molar-refractivity contribution in [3.63, 3.8) is 0 Å². The number of nitrogens with one attached hydrogen (secondary N) is 1. The van der Waals surface area contributed by atoms with Gasteiger partial charge in [-0.2, -0.15) is 0 Å². The van der Waals surface area contributed by atoms with Crippen LogP contribution < -0.4 is 5.32 Å². The predicted octanol–water partition coefficient (Wildman–Crippen LogP) is 2.23. The number of hydrogen-bond donors (Lipinski definition) is 2. The molecule has 3 heteroatoms. The second-order valence-corrected chi connectivity index (χ2v) is 5.77. The fraction of sp³-hybridized carbons (Fsp3) is 0.562. The summed E-state index contributed by atoms with van der Waals surface area (Å²) in [7, 11) is 1.65. The van der Waals surface area contributed by atoms with Gasteiger partial charge in [0.15, 0.2) is 0 Å². The minimum Gasteiger partial charge on any atom is -0.388 e. The maximum absolute atomic E-state index is 11.4. The number of carbonyl (C=O) groups excluding carboxylic acids is 1. The number of fused-ring (bicyclic) bond motifs is 1. The molecule has 0 spiro atoms. The Kier molecular flexibility index (Phi) is 4.25. The van der Waals surface area contributed by atoms with E-state index in [4.69, 9.17) is 0 Å². The average Bonchev–Trinajstić information content (AvgIpc) is 2.38. The zero-order chi connectivity index (χ0) is 14.0. The lowest BCUT2D eigenvalue weighted by Crippen LogP contribution is -2.25. The van der Waals surface area contributed by atoms with Crippen molar-refractivity contribution in [2.45, 2.75) is 39.2 Å². The van der Waals surface area contributed by atoms with Crippen LogP contribution in [0.25, 0.3) is 0 Å². The van der Waals surface area contributed by atoms with E-state index in [1.807, 2.05) is 12.1 Å². The summed E-state index contributed by atoms with van der Waals surface area (Å²) in [6, 6.07) is 6.02. The number of benzene rings is 1. The van der Waals surface area contributed by atoms with Crippen LogP contribution in [0.1, 0.15) is 43.1 Å². The third-order valence-corrected chi connectivity index (χ3v) is 4.18. The number of aliphatic hydroxyl groups excluding tert-OH is 1. The van der Waals surface area contributed by atoms with Gasteiger partial charge in [0.1, 0.15) is 0 Å². The van der Waals surface area contributed by atoms with Gasteiger partial charge in [-0.15, -0.1) is 0 Å². The van der Waals surface area contributed by atoms with E-state index in [0.29, 0.717) is 18.3 Å². The van der Waals surface area contributed by atoms with Gasteiger partial charge in [0.05, 0.1) is 12.5 Å². The first kappa shape index (κ1) is 14.1. The van der Waals surface area contributed by atoms with Crippen molar-refractivity contribution in [1.29, 1.82) is 0 Å². The summed E-state index contributed by atoms with van der Waals surface area (Å²) in [5.41, 5.74) is 3.27. The quantitative estimate of drug-likeness (QED) is 0.876. The summed E-state index contributed by atoms with van der Waals surface area (Å²) < 4.78 is 0. The fourth-order valence-corrected chi connectivity index (χ4v) is 2.96. The van der Waals surface area contributed by atoms with Gasteiger partial charge in [-0.25, -0.2) is 0 Å². The van der Waals surface area contributed by atoms with E-state index in [0.717, 1.165) is 24.0 Å². The molecule has 2 N–H and O–H groups in total. The number of carbonyl (C=O) groups is 1. The van der Waals surface area contributed by atoms with Crippen LogP contribution in [0, 0.1) is 11.8 Å². The first-order chi connectivity index (χ1) is 9.02. The first-order valence-corrected chi connectivity index (χ1v) is 7.03. The van der Waals surface area contributed by atoms with Crippen molar-refractivity contribution in [3.05, 3.63) is 34.9 Å². The summed E-state index contributed by atoms with van der Waals surface area (Å²) in [5, 5.41) is 13.1. The Balaban J connectivity index is 2.21. The Morgan fingerprint density at radius 1 is 1.47 bits per heavy atom. The van der Waals surface area contributed by atoms with Crippen LogP contribution in [0.4, 0.5) is 0 Å². The van der Waals surface area contributed by atoms with Crippen LogP contribution in [-0.2, 0) is 17.6 Å². The number of aryl methyl sites for hydroxylation is 1. The molecule has 0 bridgehead atoms. The summed E-state index contributed by atoms with van der Waals surface area (Å²) in [6.45, 7) is 4.33. The zero-order valence-corrected chi connectivity index (χ0v) is 11.9. The molecular formula is C16H23NO2. The van der Waals surface area contributed by atoms with Crippen molar-refractivity contribution in [2.24, 2.45) is 11.8 Å². The Labute approximate surface area is 115 Å². The molecular weight excluding hydrogens is 238 g/mol. The topological polar surface area (TPSA) is 49.3 Å². The molecule has 1 aliphatic rings.